The van der Waals surface area contributed by atoms with E-state index in [0.29, 0.717) is 5.69 Å². The maximum Gasteiger partial charge on any atom is 0.433 e. The second-order valence-electron chi connectivity index (χ2n) is 4.44. The van der Waals surface area contributed by atoms with Crippen LogP contribution in [0.3, 0.4) is 0 Å². The van der Waals surface area contributed by atoms with Crippen LogP contribution < -0.4 is 5.32 Å². The highest BCUT2D eigenvalue weighted by molar-refractivity contribution is 5.96. The Morgan fingerprint density at radius 1 is 1.26 bits per heavy atom. The number of nitro groups is 1. The Kier molecular flexibility index (Phi) is 4.69. The molecule has 2 rings (SSSR count). The van der Waals surface area contributed by atoms with Crippen LogP contribution in [0, 0.1) is 15.9 Å². The quantitative estimate of drug-likeness (QED) is 0.514. The SMILES string of the molecule is C[C@H](OC(=O)c1ccc([N+](=O)[O-])o1)C(=O)Nc1ccc(F)cc1. The predicted molar refractivity (Wildman–Crippen MR) is 75.3 cm³/mol. The Morgan fingerprint density at radius 2 is 1.91 bits per heavy atom. The van der Waals surface area contributed by atoms with E-state index in [1.807, 2.05) is 0 Å². The molecule has 0 saturated carbocycles. The molecule has 1 amide bonds. The van der Waals surface area contributed by atoms with Crippen molar-refractivity contribution in [2.24, 2.45) is 0 Å². The minimum Gasteiger partial charge on any atom is -0.447 e. The summed E-state index contributed by atoms with van der Waals surface area (Å²) in [7, 11) is 0. The molecule has 2 aromatic rings. The smallest absolute Gasteiger partial charge is 0.433 e. The fourth-order valence-electron chi connectivity index (χ4n) is 1.58. The van der Waals surface area contributed by atoms with Gasteiger partial charge in [0.15, 0.2) is 6.10 Å². The molecule has 8 nitrogen and oxygen atoms in total. The van der Waals surface area contributed by atoms with Crippen molar-refractivity contribution in [1.29, 1.82) is 0 Å². The highest BCUT2D eigenvalue weighted by Gasteiger charge is 2.23. The number of ether oxygens (including phenoxy) is 1. The summed E-state index contributed by atoms with van der Waals surface area (Å²) in [5.74, 6) is -3.12. The van der Waals surface area contributed by atoms with Crippen molar-refractivity contribution in [1.82, 2.24) is 0 Å². The summed E-state index contributed by atoms with van der Waals surface area (Å²) in [5.41, 5.74) is 0.327. The van der Waals surface area contributed by atoms with E-state index >= 15 is 0 Å². The lowest BCUT2D eigenvalue weighted by atomic mass is 10.3. The van der Waals surface area contributed by atoms with Gasteiger partial charge >= 0.3 is 11.9 Å². The molecule has 1 heterocycles. The lowest BCUT2D eigenvalue weighted by Crippen LogP contribution is -2.29. The van der Waals surface area contributed by atoms with E-state index in [1.54, 1.807) is 0 Å². The van der Waals surface area contributed by atoms with Crippen LogP contribution in [0.2, 0.25) is 0 Å². The molecule has 0 saturated heterocycles. The summed E-state index contributed by atoms with van der Waals surface area (Å²) in [6.07, 6.45) is -1.18. The molecule has 1 aromatic heterocycles. The van der Waals surface area contributed by atoms with Gasteiger partial charge in [0.05, 0.1) is 6.07 Å². The Balaban J connectivity index is 1.95. The number of hydrogen-bond donors (Lipinski definition) is 1. The number of rotatable bonds is 5. The van der Waals surface area contributed by atoms with Crippen LogP contribution in [0.15, 0.2) is 40.8 Å². The van der Waals surface area contributed by atoms with Crippen molar-refractivity contribution in [3.05, 3.63) is 58.1 Å². The van der Waals surface area contributed by atoms with Crippen molar-refractivity contribution in [2.75, 3.05) is 5.32 Å². The summed E-state index contributed by atoms with van der Waals surface area (Å²) in [6, 6.07) is 7.09. The van der Waals surface area contributed by atoms with Gasteiger partial charge in [-0.2, -0.15) is 0 Å². The second kappa shape index (κ2) is 6.69. The minimum atomic E-state index is -1.18. The van der Waals surface area contributed by atoms with Crippen LogP contribution >= 0.6 is 0 Å². The van der Waals surface area contributed by atoms with Gasteiger partial charge in [-0.1, -0.05) is 0 Å². The Bertz CT molecular complexity index is 740. The Hall–Kier alpha value is -3.23. The van der Waals surface area contributed by atoms with E-state index in [4.69, 9.17) is 4.74 Å². The molecule has 120 valence electrons. The zero-order valence-corrected chi connectivity index (χ0v) is 11.8. The molecule has 1 atom stereocenters. The Morgan fingerprint density at radius 3 is 2.48 bits per heavy atom. The van der Waals surface area contributed by atoms with Crippen LogP contribution in [-0.2, 0) is 9.53 Å². The van der Waals surface area contributed by atoms with Crippen LogP contribution in [0.1, 0.15) is 17.5 Å². The number of carbonyl (C=O) groups excluding carboxylic acids is 2. The van der Waals surface area contributed by atoms with Crippen LogP contribution in [0.4, 0.5) is 16.0 Å². The molecule has 0 unspecified atom stereocenters. The molecule has 9 heteroatoms. The lowest BCUT2D eigenvalue weighted by molar-refractivity contribution is -0.402. The molecule has 0 fully saturated rings. The van der Waals surface area contributed by atoms with Crippen molar-refractivity contribution < 1.29 is 28.1 Å². The number of nitrogens with one attached hydrogen (secondary N) is 1. The first kappa shape index (κ1) is 16.1. The number of carbonyl (C=O) groups is 2. The van der Waals surface area contributed by atoms with Crippen LogP contribution in [-0.4, -0.2) is 22.9 Å². The molecule has 0 aliphatic rings. The fourth-order valence-corrected chi connectivity index (χ4v) is 1.58. The molecule has 0 bridgehead atoms. The predicted octanol–water partition coefficient (Wildman–Crippen LogP) is 2.51. The van der Waals surface area contributed by atoms with Gasteiger partial charge in [0, 0.05) is 5.69 Å². The average Bonchev–Trinajstić information content (AvgIpc) is 2.99. The van der Waals surface area contributed by atoms with E-state index < -0.39 is 40.4 Å². The number of esters is 1. The summed E-state index contributed by atoms with van der Waals surface area (Å²) in [6.45, 7) is 1.31. The number of anilines is 1. The number of furan rings is 1. The van der Waals surface area contributed by atoms with Gasteiger partial charge in [-0.3, -0.25) is 14.9 Å². The topological polar surface area (TPSA) is 112 Å². The van der Waals surface area contributed by atoms with Gasteiger partial charge in [0.25, 0.3) is 5.91 Å². The number of amides is 1. The molecule has 1 N–H and O–H groups in total. The highest BCUT2D eigenvalue weighted by atomic mass is 19.1. The average molecular weight is 322 g/mol. The largest absolute Gasteiger partial charge is 0.447 e. The first-order chi connectivity index (χ1) is 10.9. The standard InChI is InChI=1S/C14H11FN2O6/c1-8(13(18)16-10-4-2-9(15)3-5-10)22-14(19)11-6-7-12(23-11)17(20)21/h2-8H,1H3,(H,16,18)/t8-/m0/s1. The molecule has 0 aliphatic carbocycles. The number of halogens is 1. The molecule has 0 aliphatic heterocycles. The maximum atomic E-state index is 12.8. The van der Waals surface area contributed by atoms with Crippen molar-refractivity contribution in [3.63, 3.8) is 0 Å². The van der Waals surface area contributed by atoms with Gasteiger partial charge in [-0.15, -0.1) is 0 Å². The maximum absolute atomic E-state index is 12.8. The molecular formula is C14H11FN2O6. The van der Waals surface area contributed by atoms with Crippen LogP contribution in [0.5, 0.6) is 0 Å². The zero-order valence-electron chi connectivity index (χ0n) is 11.8. The highest BCUT2D eigenvalue weighted by Crippen LogP contribution is 2.17. The van der Waals surface area contributed by atoms with Crippen molar-refractivity contribution in [3.8, 4) is 0 Å². The van der Waals surface area contributed by atoms with E-state index in [2.05, 4.69) is 9.73 Å². The van der Waals surface area contributed by atoms with Gasteiger partial charge < -0.3 is 14.5 Å². The molecular weight excluding hydrogens is 311 g/mol. The zero-order chi connectivity index (χ0) is 17.0. The third-order valence-corrected chi connectivity index (χ3v) is 2.74. The van der Waals surface area contributed by atoms with E-state index in [-0.39, 0.29) is 0 Å². The van der Waals surface area contributed by atoms with E-state index in [9.17, 15) is 24.1 Å². The summed E-state index contributed by atoms with van der Waals surface area (Å²) < 4.78 is 22.3. The molecule has 0 spiro atoms. The molecule has 1 aromatic carbocycles. The van der Waals surface area contributed by atoms with E-state index in [0.717, 1.165) is 24.3 Å². The van der Waals surface area contributed by atoms with E-state index in [1.165, 1.54) is 19.1 Å². The van der Waals surface area contributed by atoms with Gasteiger partial charge in [0.1, 0.15) is 10.7 Å². The van der Waals surface area contributed by atoms with Gasteiger partial charge in [0.2, 0.25) is 5.76 Å². The first-order valence-electron chi connectivity index (χ1n) is 6.38. The second-order valence-corrected chi connectivity index (χ2v) is 4.44. The van der Waals surface area contributed by atoms with Gasteiger partial charge in [-0.05, 0) is 37.3 Å². The number of nitrogens with zero attached hydrogens (tertiary/aromatic N) is 1. The lowest BCUT2D eigenvalue weighted by Gasteiger charge is -2.12. The molecule has 0 radical (unpaired) electrons. The first-order valence-corrected chi connectivity index (χ1v) is 6.38. The third-order valence-electron chi connectivity index (χ3n) is 2.74. The summed E-state index contributed by atoms with van der Waals surface area (Å²) in [4.78, 5) is 33.2. The monoisotopic (exact) mass is 322 g/mol. The van der Waals surface area contributed by atoms with Crippen molar-refractivity contribution in [2.45, 2.75) is 13.0 Å². The van der Waals surface area contributed by atoms with Crippen molar-refractivity contribution >= 4 is 23.4 Å². The third kappa shape index (κ3) is 4.13. The normalized spacial score (nSPS) is 11.6. The number of hydrogen-bond acceptors (Lipinski definition) is 6. The van der Waals surface area contributed by atoms with Crippen LogP contribution in [0.25, 0.3) is 0 Å². The Labute approximate surface area is 129 Å². The summed E-state index contributed by atoms with van der Waals surface area (Å²) >= 11 is 0. The fraction of sp³-hybridized carbons (Fsp3) is 0.143. The number of benzene rings is 1. The molecule has 23 heavy (non-hydrogen) atoms. The minimum absolute atomic E-state index is 0.327. The van der Waals surface area contributed by atoms with Gasteiger partial charge in [-0.25, -0.2) is 9.18 Å². The summed E-state index contributed by atoms with van der Waals surface area (Å²) in [5, 5.41) is 12.9.